The predicted octanol–water partition coefficient (Wildman–Crippen LogP) is 4.18. The number of hydroxylamine groups is 1. The van der Waals surface area contributed by atoms with Crippen LogP contribution in [0.4, 0.5) is 5.69 Å². The van der Waals surface area contributed by atoms with Gasteiger partial charge in [-0.3, -0.25) is 14.8 Å². The number of hydrogen-bond acceptors (Lipinski definition) is 4. The topological polar surface area (TPSA) is 103 Å². The number of aromatic nitrogens is 1. The molecule has 0 radical (unpaired) electrons. The standard InChI is InChI=1S/C23H25N3O4/c27-22(26-29)12-3-1-2-8-18(23(28)25-19-13-14-24-15-19)16-30-21-11-6-9-17-7-4-5-10-20(17)21/h4-11,13-15,24,29H,1-3,12,16H2,(H,25,28)(H,26,27)/b18-8+. The highest BCUT2D eigenvalue weighted by molar-refractivity contribution is 6.04. The van der Waals surface area contributed by atoms with Crippen molar-refractivity contribution in [3.63, 3.8) is 0 Å². The number of nitrogens with one attached hydrogen (secondary N) is 3. The molecule has 2 amide bonds. The minimum absolute atomic E-state index is 0.126. The lowest BCUT2D eigenvalue weighted by Gasteiger charge is -2.12. The molecule has 0 saturated carbocycles. The van der Waals surface area contributed by atoms with Crippen LogP contribution in [-0.4, -0.2) is 28.6 Å². The Bertz CT molecular complexity index is 1010. The van der Waals surface area contributed by atoms with E-state index in [1.54, 1.807) is 23.9 Å². The molecule has 0 unspecified atom stereocenters. The highest BCUT2D eigenvalue weighted by Gasteiger charge is 2.12. The van der Waals surface area contributed by atoms with Crippen LogP contribution in [0.5, 0.6) is 5.75 Å². The maximum atomic E-state index is 12.7. The van der Waals surface area contributed by atoms with E-state index in [0.717, 1.165) is 10.8 Å². The van der Waals surface area contributed by atoms with Crippen molar-refractivity contribution in [2.45, 2.75) is 25.7 Å². The number of allylic oxidation sites excluding steroid dienone is 1. The highest BCUT2D eigenvalue weighted by Crippen LogP contribution is 2.25. The van der Waals surface area contributed by atoms with Crippen LogP contribution >= 0.6 is 0 Å². The minimum Gasteiger partial charge on any atom is -0.488 e. The molecular weight excluding hydrogens is 382 g/mol. The first-order valence-corrected chi connectivity index (χ1v) is 9.84. The monoisotopic (exact) mass is 407 g/mol. The Morgan fingerprint density at radius 3 is 2.70 bits per heavy atom. The fourth-order valence-corrected chi connectivity index (χ4v) is 3.07. The van der Waals surface area contributed by atoms with Gasteiger partial charge in [0.15, 0.2) is 0 Å². The van der Waals surface area contributed by atoms with Gasteiger partial charge >= 0.3 is 0 Å². The first-order valence-electron chi connectivity index (χ1n) is 9.84. The summed E-state index contributed by atoms with van der Waals surface area (Å²) in [5, 5.41) is 13.4. The van der Waals surface area contributed by atoms with Gasteiger partial charge in [-0.15, -0.1) is 0 Å². The van der Waals surface area contributed by atoms with Crippen molar-refractivity contribution in [1.82, 2.24) is 10.5 Å². The fraction of sp³-hybridized carbons (Fsp3) is 0.217. The smallest absolute Gasteiger partial charge is 0.254 e. The van der Waals surface area contributed by atoms with Crippen molar-refractivity contribution < 1.29 is 19.5 Å². The van der Waals surface area contributed by atoms with E-state index in [4.69, 9.17) is 9.94 Å². The van der Waals surface area contributed by atoms with E-state index in [2.05, 4.69) is 10.3 Å². The molecular formula is C23H25N3O4. The third-order valence-electron chi connectivity index (χ3n) is 4.65. The molecule has 156 valence electrons. The number of anilines is 1. The molecule has 0 aliphatic rings. The number of ether oxygens (including phenoxy) is 1. The number of fused-ring (bicyclic) bond motifs is 1. The maximum Gasteiger partial charge on any atom is 0.254 e. The average Bonchev–Trinajstić information content (AvgIpc) is 3.28. The Morgan fingerprint density at radius 1 is 1.07 bits per heavy atom. The molecule has 3 aromatic rings. The third-order valence-corrected chi connectivity index (χ3v) is 4.65. The van der Waals surface area contributed by atoms with Gasteiger partial charge in [-0.25, -0.2) is 5.48 Å². The van der Waals surface area contributed by atoms with Crippen LogP contribution < -0.4 is 15.5 Å². The van der Waals surface area contributed by atoms with E-state index < -0.39 is 5.91 Å². The van der Waals surface area contributed by atoms with Crippen LogP contribution in [0.2, 0.25) is 0 Å². The Balaban J connectivity index is 1.67. The number of amides is 2. The van der Waals surface area contributed by atoms with E-state index in [0.29, 0.717) is 36.3 Å². The lowest BCUT2D eigenvalue weighted by Crippen LogP contribution is -2.19. The second-order valence-electron chi connectivity index (χ2n) is 6.83. The van der Waals surface area contributed by atoms with Crippen molar-refractivity contribution in [3.05, 3.63) is 72.6 Å². The molecule has 30 heavy (non-hydrogen) atoms. The minimum atomic E-state index is -0.413. The largest absolute Gasteiger partial charge is 0.488 e. The molecule has 4 N–H and O–H groups in total. The summed E-state index contributed by atoms with van der Waals surface area (Å²) < 4.78 is 6.00. The van der Waals surface area contributed by atoms with Gasteiger partial charge in [-0.2, -0.15) is 0 Å². The summed E-state index contributed by atoms with van der Waals surface area (Å²) in [6.07, 6.45) is 7.45. The Hall–Kier alpha value is -3.58. The summed E-state index contributed by atoms with van der Waals surface area (Å²) in [4.78, 5) is 26.7. The lowest BCUT2D eigenvalue weighted by atomic mass is 10.1. The number of aromatic amines is 1. The van der Waals surface area contributed by atoms with Gasteiger partial charge in [0.1, 0.15) is 12.4 Å². The summed E-state index contributed by atoms with van der Waals surface area (Å²) in [7, 11) is 0. The molecule has 0 bridgehead atoms. The molecule has 2 aromatic carbocycles. The van der Waals surface area contributed by atoms with Crippen molar-refractivity contribution in [1.29, 1.82) is 0 Å². The molecule has 0 aliphatic carbocycles. The summed E-state index contributed by atoms with van der Waals surface area (Å²) in [5.41, 5.74) is 2.81. The zero-order valence-corrected chi connectivity index (χ0v) is 16.6. The zero-order valence-electron chi connectivity index (χ0n) is 16.6. The van der Waals surface area contributed by atoms with Gasteiger partial charge in [-0.1, -0.05) is 42.5 Å². The molecule has 1 heterocycles. The zero-order chi connectivity index (χ0) is 21.2. The molecule has 7 heteroatoms. The van der Waals surface area contributed by atoms with Gasteiger partial charge in [0.25, 0.3) is 5.91 Å². The van der Waals surface area contributed by atoms with Crippen LogP contribution in [0.15, 0.2) is 72.6 Å². The Kier molecular flexibility index (Phi) is 7.63. The maximum absolute atomic E-state index is 12.7. The van der Waals surface area contributed by atoms with Crippen LogP contribution in [0.25, 0.3) is 10.8 Å². The molecule has 0 atom stereocenters. The van der Waals surface area contributed by atoms with Crippen LogP contribution in [0.3, 0.4) is 0 Å². The average molecular weight is 407 g/mol. The molecule has 1 aromatic heterocycles. The molecule has 3 rings (SSSR count). The van der Waals surface area contributed by atoms with E-state index >= 15 is 0 Å². The molecule has 0 fully saturated rings. The number of rotatable bonds is 10. The Labute approximate surface area is 174 Å². The Morgan fingerprint density at radius 2 is 1.90 bits per heavy atom. The lowest BCUT2D eigenvalue weighted by molar-refractivity contribution is -0.129. The molecule has 0 spiro atoms. The second kappa shape index (κ2) is 10.8. The molecule has 7 nitrogen and oxygen atoms in total. The van der Waals surface area contributed by atoms with E-state index in [1.807, 2.05) is 48.5 Å². The number of unbranched alkanes of at least 4 members (excludes halogenated alkanes) is 2. The van der Waals surface area contributed by atoms with Gasteiger partial charge in [-0.05, 0) is 36.8 Å². The number of carbonyl (C=O) groups is 2. The summed E-state index contributed by atoms with van der Waals surface area (Å²) in [6.45, 7) is 0.126. The number of H-pyrrole nitrogens is 1. The van der Waals surface area contributed by atoms with Crippen molar-refractivity contribution >= 4 is 28.3 Å². The van der Waals surface area contributed by atoms with Gasteiger partial charge in [0.05, 0.1) is 11.3 Å². The summed E-state index contributed by atoms with van der Waals surface area (Å²) in [6, 6.07) is 15.5. The van der Waals surface area contributed by atoms with Crippen molar-refractivity contribution in [2.24, 2.45) is 0 Å². The number of carbonyl (C=O) groups excluding carboxylic acids is 2. The summed E-state index contributed by atoms with van der Waals surface area (Å²) >= 11 is 0. The molecule has 0 saturated heterocycles. The first kappa shape index (κ1) is 21.1. The predicted molar refractivity (Wildman–Crippen MR) is 115 cm³/mol. The second-order valence-corrected chi connectivity index (χ2v) is 6.83. The van der Waals surface area contributed by atoms with Gasteiger partial charge < -0.3 is 15.0 Å². The van der Waals surface area contributed by atoms with Gasteiger partial charge in [0.2, 0.25) is 5.91 Å². The molecule has 0 aliphatic heterocycles. The van der Waals surface area contributed by atoms with Crippen molar-refractivity contribution in [3.8, 4) is 5.75 Å². The van der Waals surface area contributed by atoms with E-state index in [-0.39, 0.29) is 18.9 Å². The number of hydrogen-bond donors (Lipinski definition) is 4. The quantitative estimate of drug-likeness (QED) is 0.175. The summed E-state index contributed by atoms with van der Waals surface area (Å²) in [5.74, 6) is 0.0692. The van der Waals surface area contributed by atoms with E-state index in [1.165, 1.54) is 0 Å². The van der Waals surface area contributed by atoms with E-state index in [9.17, 15) is 9.59 Å². The fourth-order valence-electron chi connectivity index (χ4n) is 3.07. The van der Waals surface area contributed by atoms with Crippen molar-refractivity contribution in [2.75, 3.05) is 11.9 Å². The normalized spacial score (nSPS) is 11.3. The first-order chi connectivity index (χ1) is 14.7. The van der Waals surface area contributed by atoms with Crippen LogP contribution in [-0.2, 0) is 9.59 Å². The van der Waals surface area contributed by atoms with Crippen LogP contribution in [0.1, 0.15) is 25.7 Å². The van der Waals surface area contributed by atoms with Gasteiger partial charge in [0, 0.05) is 24.2 Å². The van der Waals surface area contributed by atoms with Crippen LogP contribution in [0, 0.1) is 0 Å². The SMILES string of the molecule is O=C(CCCC/C=C(\COc1cccc2ccccc12)C(=O)Nc1cc[nH]c1)NO. The third kappa shape index (κ3) is 5.96. The number of benzene rings is 2. The highest BCUT2D eigenvalue weighted by atomic mass is 16.5.